The minimum absolute atomic E-state index is 0.0903. The lowest BCUT2D eigenvalue weighted by Gasteiger charge is -2.10. The topological polar surface area (TPSA) is 51.5 Å². The summed E-state index contributed by atoms with van der Waals surface area (Å²) in [4.78, 5) is 12.2. The fourth-order valence-electron chi connectivity index (χ4n) is 3.13. The molecule has 28 heavy (non-hydrogen) atoms. The Morgan fingerprint density at radius 1 is 1.29 bits per heavy atom. The SMILES string of the molecule is CCCCNC(=O)/C=C(\C)c1cc2c(-c3cccc(Br)c3)coc2cc1OC. The first-order valence-electron chi connectivity index (χ1n) is 9.35. The van der Waals surface area contributed by atoms with E-state index in [1.54, 1.807) is 19.4 Å². The monoisotopic (exact) mass is 441 g/mol. The molecule has 2 aromatic carbocycles. The van der Waals surface area contributed by atoms with Gasteiger partial charge in [0.15, 0.2) is 0 Å². The highest BCUT2D eigenvalue weighted by Gasteiger charge is 2.15. The van der Waals surface area contributed by atoms with Crippen LogP contribution in [0.25, 0.3) is 27.7 Å². The number of allylic oxidation sites excluding steroid dienone is 1. The van der Waals surface area contributed by atoms with Crippen LogP contribution in [0.3, 0.4) is 0 Å². The maximum atomic E-state index is 12.2. The van der Waals surface area contributed by atoms with Gasteiger partial charge in [-0.05, 0) is 42.7 Å². The van der Waals surface area contributed by atoms with Crippen LogP contribution in [0, 0.1) is 0 Å². The van der Waals surface area contributed by atoms with Crippen LogP contribution in [0.1, 0.15) is 32.3 Å². The van der Waals surface area contributed by atoms with Crippen molar-refractivity contribution in [2.24, 2.45) is 0 Å². The van der Waals surface area contributed by atoms with Crippen molar-refractivity contribution in [3.8, 4) is 16.9 Å². The Hall–Kier alpha value is -2.53. The summed E-state index contributed by atoms with van der Waals surface area (Å²) in [6.45, 7) is 4.70. The van der Waals surface area contributed by atoms with Crippen molar-refractivity contribution in [2.45, 2.75) is 26.7 Å². The molecule has 0 spiro atoms. The second-order valence-corrected chi connectivity index (χ2v) is 7.60. The molecule has 0 saturated carbocycles. The molecule has 1 heterocycles. The number of furan rings is 1. The second kappa shape index (κ2) is 9.11. The van der Waals surface area contributed by atoms with Crippen LogP contribution in [0.5, 0.6) is 5.75 Å². The first-order chi connectivity index (χ1) is 13.5. The summed E-state index contributed by atoms with van der Waals surface area (Å²) in [5.41, 5.74) is 4.52. The molecule has 0 aliphatic rings. The van der Waals surface area contributed by atoms with E-state index < -0.39 is 0 Å². The number of halogens is 1. The highest BCUT2D eigenvalue weighted by molar-refractivity contribution is 9.10. The third-order valence-electron chi connectivity index (χ3n) is 4.63. The average Bonchev–Trinajstić information content (AvgIpc) is 3.10. The van der Waals surface area contributed by atoms with Crippen molar-refractivity contribution in [1.82, 2.24) is 5.32 Å². The zero-order valence-electron chi connectivity index (χ0n) is 16.3. The molecule has 0 aliphatic carbocycles. The fraction of sp³-hybridized carbons (Fsp3) is 0.261. The van der Waals surface area contributed by atoms with Gasteiger partial charge in [0.1, 0.15) is 11.3 Å². The largest absolute Gasteiger partial charge is 0.496 e. The Balaban J connectivity index is 2.02. The molecule has 0 atom stereocenters. The number of methoxy groups -OCH3 is 1. The van der Waals surface area contributed by atoms with Crippen LogP contribution < -0.4 is 10.1 Å². The molecule has 3 rings (SSSR count). The molecule has 0 unspecified atom stereocenters. The van der Waals surface area contributed by atoms with Gasteiger partial charge in [-0.25, -0.2) is 0 Å². The van der Waals surface area contributed by atoms with Crippen molar-refractivity contribution < 1.29 is 13.9 Å². The molecule has 1 amide bonds. The van der Waals surface area contributed by atoms with Gasteiger partial charge in [0.25, 0.3) is 0 Å². The molecular formula is C23H24BrNO3. The van der Waals surface area contributed by atoms with Crippen LogP contribution >= 0.6 is 15.9 Å². The van der Waals surface area contributed by atoms with Crippen molar-refractivity contribution in [3.63, 3.8) is 0 Å². The molecule has 4 nitrogen and oxygen atoms in total. The zero-order valence-corrected chi connectivity index (χ0v) is 17.9. The lowest BCUT2D eigenvalue weighted by molar-refractivity contribution is -0.116. The van der Waals surface area contributed by atoms with Gasteiger partial charge in [0.05, 0.1) is 13.4 Å². The van der Waals surface area contributed by atoms with Gasteiger partial charge in [0.2, 0.25) is 5.91 Å². The molecule has 146 valence electrons. The number of ether oxygens (including phenoxy) is 1. The maximum Gasteiger partial charge on any atom is 0.244 e. The molecule has 5 heteroatoms. The summed E-state index contributed by atoms with van der Waals surface area (Å²) in [6.07, 6.45) is 5.40. The van der Waals surface area contributed by atoms with Gasteiger partial charge in [-0.1, -0.05) is 41.4 Å². The summed E-state index contributed by atoms with van der Waals surface area (Å²) in [6, 6.07) is 12.0. The Morgan fingerprint density at radius 2 is 2.11 bits per heavy atom. The molecule has 1 aromatic heterocycles. The van der Waals surface area contributed by atoms with E-state index in [-0.39, 0.29) is 5.91 Å². The van der Waals surface area contributed by atoms with E-state index in [4.69, 9.17) is 9.15 Å². The number of hydrogen-bond acceptors (Lipinski definition) is 3. The number of benzene rings is 2. The predicted octanol–water partition coefficient (Wildman–Crippen LogP) is 6.19. The van der Waals surface area contributed by atoms with E-state index in [0.29, 0.717) is 12.3 Å². The number of rotatable bonds is 7. The van der Waals surface area contributed by atoms with E-state index in [9.17, 15) is 4.79 Å². The number of fused-ring (bicyclic) bond motifs is 1. The van der Waals surface area contributed by atoms with Crippen LogP contribution in [0.4, 0.5) is 0 Å². The van der Waals surface area contributed by atoms with Gasteiger partial charge in [-0.2, -0.15) is 0 Å². The highest BCUT2D eigenvalue weighted by Crippen LogP contribution is 2.37. The second-order valence-electron chi connectivity index (χ2n) is 6.68. The first kappa shape index (κ1) is 20.2. The molecule has 0 bridgehead atoms. The average molecular weight is 442 g/mol. The molecule has 1 N–H and O–H groups in total. The van der Waals surface area contributed by atoms with E-state index >= 15 is 0 Å². The Morgan fingerprint density at radius 3 is 2.82 bits per heavy atom. The molecule has 0 radical (unpaired) electrons. The fourth-order valence-corrected chi connectivity index (χ4v) is 3.52. The number of carbonyl (C=O) groups excluding carboxylic acids is 1. The molecule has 0 fully saturated rings. The Labute approximate surface area is 173 Å². The third-order valence-corrected chi connectivity index (χ3v) is 5.13. The van der Waals surface area contributed by atoms with Crippen molar-refractivity contribution in [3.05, 3.63) is 58.8 Å². The van der Waals surface area contributed by atoms with Crippen LogP contribution in [0.15, 0.2) is 57.6 Å². The molecular weight excluding hydrogens is 418 g/mol. The van der Waals surface area contributed by atoms with E-state index in [0.717, 1.165) is 50.5 Å². The summed E-state index contributed by atoms with van der Waals surface area (Å²) in [7, 11) is 1.62. The van der Waals surface area contributed by atoms with Crippen molar-refractivity contribution in [1.29, 1.82) is 0 Å². The Bertz CT molecular complexity index is 1020. The smallest absolute Gasteiger partial charge is 0.244 e. The van der Waals surface area contributed by atoms with Gasteiger partial charge < -0.3 is 14.5 Å². The molecule has 3 aromatic rings. The van der Waals surface area contributed by atoms with Crippen LogP contribution in [0.2, 0.25) is 0 Å². The lowest BCUT2D eigenvalue weighted by atomic mass is 9.99. The van der Waals surface area contributed by atoms with Gasteiger partial charge in [-0.3, -0.25) is 4.79 Å². The number of carbonyl (C=O) groups is 1. The van der Waals surface area contributed by atoms with Gasteiger partial charge >= 0.3 is 0 Å². The number of unbranched alkanes of at least 4 members (excludes halogenated alkanes) is 1. The summed E-state index contributed by atoms with van der Waals surface area (Å²) < 4.78 is 12.3. The Kier molecular flexibility index (Phi) is 6.57. The van der Waals surface area contributed by atoms with E-state index in [1.807, 2.05) is 37.3 Å². The standard InChI is InChI=1S/C23H24BrNO3/c1-4-5-9-25-23(26)10-15(2)18-12-19-20(16-7-6-8-17(24)11-16)14-28-22(19)13-21(18)27-3/h6-8,10-14H,4-5,9H2,1-3H3,(H,25,26)/b15-10+. The van der Waals surface area contributed by atoms with Crippen molar-refractivity contribution >= 4 is 38.4 Å². The van der Waals surface area contributed by atoms with E-state index in [2.05, 4.69) is 34.2 Å². The first-order valence-corrected chi connectivity index (χ1v) is 10.1. The molecule has 0 saturated heterocycles. The number of hydrogen-bond donors (Lipinski definition) is 1. The highest BCUT2D eigenvalue weighted by atomic mass is 79.9. The summed E-state index contributed by atoms with van der Waals surface area (Å²) >= 11 is 3.52. The number of nitrogens with one attached hydrogen (secondary N) is 1. The minimum atomic E-state index is -0.0903. The van der Waals surface area contributed by atoms with Gasteiger partial charge in [-0.15, -0.1) is 0 Å². The minimum Gasteiger partial charge on any atom is -0.496 e. The molecule has 0 aliphatic heterocycles. The van der Waals surface area contributed by atoms with Crippen LogP contribution in [-0.2, 0) is 4.79 Å². The zero-order chi connectivity index (χ0) is 20.1. The lowest BCUT2D eigenvalue weighted by Crippen LogP contribution is -2.22. The third kappa shape index (κ3) is 4.47. The normalized spacial score (nSPS) is 11.6. The van der Waals surface area contributed by atoms with Gasteiger partial charge in [0, 0.05) is 39.7 Å². The summed E-state index contributed by atoms with van der Waals surface area (Å²) in [5, 5.41) is 3.90. The predicted molar refractivity (Wildman–Crippen MR) is 117 cm³/mol. The van der Waals surface area contributed by atoms with Crippen molar-refractivity contribution in [2.75, 3.05) is 13.7 Å². The maximum absolute atomic E-state index is 12.2. The number of amides is 1. The quantitative estimate of drug-likeness (QED) is 0.351. The van der Waals surface area contributed by atoms with Crippen LogP contribution in [-0.4, -0.2) is 19.6 Å². The summed E-state index contributed by atoms with van der Waals surface area (Å²) in [5.74, 6) is 0.588. The van der Waals surface area contributed by atoms with E-state index in [1.165, 1.54) is 0 Å².